The number of anilines is 1. The quantitative estimate of drug-likeness (QED) is 0.788. The van der Waals surface area contributed by atoms with Crippen molar-refractivity contribution in [3.63, 3.8) is 0 Å². The molecule has 1 aliphatic heterocycles. The van der Waals surface area contributed by atoms with Gasteiger partial charge in [0.25, 0.3) is 5.91 Å². The minimum Gasteiger partial charge on any atom is -0.492 e. The number of amides is 1. The number of carbonyl (C=O) groups excluding carboxylic acids is 1. The number of rotatable bonds is 6. The highest BCUT2D eigenvalue weighted by atomic mass is 32.2. The number of nitrogens with zero attached hydrogens (tertiary/aromatic N) is 1. The Labute approximate surface area is 153 Å². The molecule has 0 aromatic heterocycles. The lowest BCUT2D eigenvalue weighted by molar-refractivity contribution is 0.0947. The lowest BCUT2D eigenvalue weighted by Gasteiger charge is -2.17. The number of nitrogens with one attached hydrogen (secondary N) is 1. The molecule has 1 amide bonds. The van der Waals surface area contributed by atoms with E-state index in [1.54, 1.807) is 24.3 Å². The Morgan fingerprint density at radius 1 is 1.19 bits per heavy atom. The molecule has 6 nitrogen and oxygen atoms in total. The van der Waals surface area contributed by atoms with Crippen LogP contribution in [0.15, 0.2) is 48.5 Å². The molecule has 2 aromatic rings. The molecule has 0 unspecified atom stereocenters. The van der Waals surface area contributed by atoms with Crippen molar-refractivity contribution in [2.24, 2.45) is 0 Å². The summed E-state index contributed by atoms with van der Waals surface area (Å²) in [5.41, 5.74) is 2.08. The van der Waals surface area contributed by atoms with Crippen LogP contribution < -0.4 is 14.4 Å². The van der Waals surface area contributed by atoms with Crippen molar-refractivity contribution in [2.45, 2.75) is 13.3 Å². The third-order valence-electron chi connectivity index (χ3n) is 4.14. The topological polar surface area (TPSA) is 75.7 Å². The van der Waals surface area contributed by atoms with Gasteiger partial charge in [-0.25, -0.2) is 8.42 Å². The zero-order valence-corrected chi connectivity index (χ0v) is 15.5. The van der Waals surface area contributed by atoms with E-state index in [4.69, 9.17) is 4.74 Å². The maximum absolute atomic E-state index is 12.3. The van der Waals surface area contributed by atoms with Crippen LogP contribution in [0.1, 0.15) is 22.3 Å². The van der Waals surface area contributed by atoms with Gasteiger partial charge in [-0.1, -0.05) is 18.2 Å². The van der Waals surface area contributed by atoms with Gasteiger partial charge >= 0.3 is 0 Å². The molecular weight excluding hydrogens is 352 g/mol. The van der Waals surface area contributed by atoms with E-state index in [1.165, 1.54) is 4.31 Å². The summed E-state index contributed by atoms with van der Waals surface area (Å²) in [5.74, 6) is 0.663. The average molecular weight is 374 g/mol. The summed E-state index contributed by atoms with van der Waals surface area (Å²) in [7, 11) is -3.26. The second-order valence-corrected chi connectivity index (χ2v) is 8.23. The summed E-state index contributed by atoms with van der Waals surface area (Å²) < 4.78 is 31.0. The van der Waals surface area contributed by atoms with E-state index in [0.29, 0.717) is 37.4 Å². The van der Waals surface area contributed by atoms with Crippen molar-refractivity contribution >= 4 is 21.6 Å². The Balaban J connectivity index is 1.56. The summed E-state index contributed by atoms with van der Waals surface area (Å²) in [5, 5.41) is 2.79. The van der Waals surface area contributed by atoms with Crippen LogP contribution in [0, 0.1) is 6.92 Å². The number of aryl methyl sites for hydroxylation is 1. The van der Waals surface area contributed by atoms with Gasteiger partial charge in [-0.2, -0.15) is 0 Å². The van der Waals surface area contributed by atoms with E-state index < -0.39 is 10.0 Å². The first kappa shape index (κ1) is 18.3. The molecule has 3 rings (SSSR count). The fourth-order valence-electron chi connectivity index (χ4n) is 2.87. The lowest BCUT2D eigenvalue weighted by atomic mass is 10.2. The maximum atomic E-state index is 12.3. The number of hydrogen-bond acceptors (Lipinski definition) is 4. The second-order valence-electron chi connectivity index (χ2n) is 6.21. The highest BCUT2D eigenvalue weighted by Crippen LogP contribution is 2.24. The maximum Gasteiger partial charge on any atom is 0.251 e. The van der Waals surface area contributed by atoms with E-state index in [9.17, 15) is 13.2 Å². The monoisotopic (exact) mass is 374 g/mol. The van der Waals surface area contributed by atoms with Gasteiger partial charge in [-0.05, 0) is 49.2 Å². The van der Waals surface area contributed by atoms with E-state index in [2.05, 4.69) is 5.32 Å². The Bertz CT molecular complexity index is 896. The minimum atomic E-state index is -3.26. The summed E-state index contributed by atoms with van der Waals surface area (Å²) in [4.78, 5) is 12.3. The molecule has 1 heterocycles. The fourth-order valence-corrected chi connectivity index (χ4v) is 4.43. The van der Waals surface area contributed by atoms with Crippen molar-refractivity contribution in [1.29, 1.82) is 0 Å². The van der Waals surface area contributed by atoms with Gasteiger partial charge in [0.1, 0.15) is 12.4 Å². The van der Waals surface area contributed by atoms with Crippen LogP contribution in [-0.4, -0.2) is 39.8 Å². The summed E-state index contributed by atoms with van der Waals surface area (Å²) in [6.07, 6.45) is 0.606. The van der Waals surface area contributed by atoms with E-state index in [1.807, 2.05) is 31.2 Å². The van der Waals surface area contributed by atoms with Gasteiger partial charge in [0, 0.05) is 12.1 Å². The minimum absolute atomic E-state index is 0.153. The van der Waals surface area contributed by atoms with Crippen molar-refractivity contribution in [3.05, 3.63) is 59.7 Å². The molecule has 1 N–H and O–H groups in total. The zero-order chi connectivity index (χ0) is 18.6. The number of benzene rings is 2. The molecule has 138 valence electrons. The Morgan fingerprint density at radius 3 is 2.73 bits per heavy atom. The first-order valence-electron chi connectivity index (χ1n) is 8.54. The molecule has 0 saturated carbocycles. The van der Waals surface area contributed by atoms with Crippen LogP contribution in [0.3, 0.4) is 0 Å². The molecule has 0 atom stereocenters. The molecule has 0 bridgehead atoms. The molecule has 0 spiro atoms. The molecule has 0 aliphatic carbocycles. The van der Waals surface area contributed by atoms with Gasteiger partial charge in [-0.3, -0.25) is 9.10 Å². The summed E-state index contributed by atoms with van der Waals surface area (Å²) in [6.45, 7) is 3.16. The lowest BCUT2D eigenvalue weighted by Crippen LogP contribution is -2.29. The van der Waals surface area contributed by atoms with Crippen LogP contribution in [0.4, 0.5) is 5.69 Å². The van der Waals surface area contributed by atoms with E-state index in [0.717, 1.165) is 11.3 Å². The number of ether oxygens (including phenoxy) is 1. The molecule has 7 heteroatoms. The first-order valence-corrected chi connectivity index (χ1v) is 10.1. The molecular formula is C19H22N2O4S. The van der Waals surface area contributed by atoms with Crippen molar-refractivity contribution in [1.82, 2.24) is 5.32 Å². The molecule has 0 radical (unpaired) electrons. The van der Waals surface area contributed by atoms with Gasteiger partial charge in [0.05, 0.1) is 18.0 Å². The Hall–Kier alpha value is -2.54. The highest BCUT2D eigenvalue weighted by Gasteiger charge is 2.28. The van der Waals surface area contributed by atoms with Crippen molar-refractivity contribution in [2.75, 3.05) is 29.8 Å². The number of carbonyl (C=O) groups is 1. The van der Waals surface area contributed by atoms with Gasteiger partial charge in [-0.15, -0.1) is 0 Å². The predicted octanol–water partition coefficient (Wildman–Crippen LogP) is 2.34. The van der Waals surface area contributed by atoms with E-state index >= 15 is 0 Å². The largest absolute Gasteiger partial charge is 0.492 e. The summed E-state index contributed by atoms with van der Waals surface area (Å²) in [6, 6.07) is 14.4. The standard InChI is InChI=1S/C19H22N2O4S/c1-15-5-2-8-18(13-15)25-11-9-20-19(22)16-6-3-7-17(14-16)21-10-4-12-26(21,23)24/h2-3,5-8,13-14H,4,9-12H2,1H3,(H,20,22). The van der Waals surface area contributed by atoms with Crippen LogP contribution in [0.2, 0.25) is 0 Å². The SMILES string of the molecule is Cc1cccc(OCCNC(=O)c2cccc(N3CCCS3(=O)=O)c2)c1. The highest BCUT2D eigenvalue weighted by molar-refractivity contribution is 7.93. The molecule has 1 saturated heterocycles. The third kappa shape index (κ3) is 4.35. The smallest absolute Gasteiger partial charge is 0.251 e. The Kier molecular flexibility index (Phi) is 5.46. The Morgan fingerprint density at radius 2 is 2.00 bits per heavy atom. The molecule has 1 fully saturated rings. The molecule has 26 heavy (non-hydrogen) atoms. The average Bonchev–Trinajstić information content (AvgIpc) is 2.98. The number of hydrogen-bond donors (Lipinski definition) is 1. The predicted molar refractivity (Wildman–Crippen MR) is 101 cm³/mol. The van der Waals surface area contributed by atoms with Crippen LogP contribution in [0.25, 0.3) is 0 Å². The van der Waals surface area contributed by atoms with Crippen LogP contribution in [-0.2, 0) is 10.0 Å². The zero-order valence-electron chi connectivity index (χ0n) is 14.6. The van der Waals surface area contributed by atoms with Crippen molar-refractivity contribution < 1.29 is 17.9 Å². The van der Waals surface area contributed by atoms with Crippen molar-refractivity contribution in [3.8, 4) is 5.75 Å². The van der Waals surface area contributed by atoms with Gasteiger partial charge in [0.2, 0.25) is 10.0 Å². The van der Waals surface area contributed by atoms with E-state index in [-0.39, 0.29) is 11.7 Å². The normalized spacial score (nSPS) is 15.7. The van der Waals surface area contributed by atoms with Gasteiger partial charge < -0.3 is 10.1 Å². The number of sulfonamides is 1. The molecule has 2 aromatic carbocycles. The van der Waals surface area contributed by atoms with Gasteiger partial charge in [0.15, 0.2) is 0 Å². The van der Waals surface area contributed by atoms with Crippen LogP contribution >= 0.6 is 0 Å². The third-order valence-corrected chi connectivity index (χ3v) is 6.01. The second kappa shape index (κ2) is 7.78. The molecule has 1 aliphatic rings. The first-order chi connectivity index (χ1) is 12.5. The summed E-state index contributed by atoms with van der Waals surface area (Å²) >= 11 is 0. The fraction of sp³-hybridized carbons (Fsp3) is 0.316. The van der Waals surface area contributed by atoms with Crippen LogP contribution in [0.5, 0.6) is 5.75 Å².